The minimum atomic E-state index is -0.352. The molecule has 2 rings (SSSR count). The molecule has 0 saturated heterocycles. The third kappa shape index (κ3) is 6.27. The lowest BCUT2D eigenvalue weighted by Gasteiger charge is -2.18. The first-order valence-electron chi connectivity index (χ1n) is 8.84. The number of nitrogens with one attached hydrogen (secondary N) is 2. The van der Waals surface area contributed by atoms with E-state index in [1.54, 1.807) is 6.07 Å². The third-order valence-electron chi connectivity index (χ3n) is 4.20. The van der Waals surface area contributed by atoms with Gasteiger partial charge >= 0.3 is 0 Å². The Morgan fingerprint density at radius 2 is 1.79 bits per heavy atom. The van der Waals surface area contributed by atoms with Crippen LogP contribution in [-0.2, 0) is 6.54 Å². The number of nitrogens with zero attached hydrogens (tertiary/aromatic N) is 1. The predicted molar refractivity (Wildman–Crippen MR) is 125 cm³/mol. The number of anilines is 1. The highest BCUT2D eigenvalue weighted by Crippen LogP contribution is 2.32. The van der Waals surface area contributed by atoms with E-state index in [2.05, 4.69) is 73.4 Å². The molecule has 8 heteroatoms. The number of carbonyl (C=O) groups is 1. The monoisotopic (exact) mass is 527 g/mol. The van der Waals surface area contributed by atoms with Crippen LogP contribution in [-0.4, -0.2) is 36.1 Å². The highest BCUT2D eigenvalue weighted by molar-refractivity contribution is 9.11. The average molecular weight is 529 g/mol. The summed E-state index contributed by atoms with van der Waals surface area (Å²) >= 11 is 12.1. The van der Waals surface area contributed by atoms with Crippen LogP contribution in [0.3, 0.4) is 0 Å². The summed E-state index contributed by atoms with van der Waals surface area (Å²) in [6.45, 7) is 7.24. The Balaban J connectivity index is 2.01. The fraction of sp³-hybridized carbons (Fsp3) is 0.300. The number of thiocarbonyl (C=S) groups is 1. The molecule has 0 aliphatic rings. The van der Waals surface area contributed by atoms with Gasteiger partial charge in [0.1, 0.15) is 5.75 Å². The molecule has 2 aromatic rings. The number of methoxy groups -OCH3 is 1. The normalized spacial score (nSPS) is 10.6. The molecule has 2 aromatic carbocycles. The number of carbonyl (C=O) groups excluding carboxylic acids is 1. The molecule has 0 saturated carbocycles. The minimum absolute atomic E-state index is 0.222. The van der Waals surface area contributed by atoms with E-state index in [4.69, 9.17) is 17.0 Å². The van der Waals surface area contributed by atoms with Crippen molar-refractivity contribution in [3.63, 3.8) is 0 Å². The van der Waals surface area contributed by atoms with Crippen molar-refractivity contribution in [3.05, 3.63) is 56.5 Å². The molecule has 5 nitrogen and oxygen atoms in total. The van der Waals surface area contributed by atoms with E-state index in [-0.39, 0.29) is 11.0 Å². The molecule has 0 fully saturated rings. The van der Waals surface area contributed by atoms with E-state index in [1.807, 2.05) is 18.2 Å². The number of hydrogen-bond acceptors (Lipinski definition) is 4. The molecule has 2 N–H and O–H groups in total. The van der Waals surface area contributed by atoms with Crippen molar-refractivity contribution in [2.45, 2.75) is 20.4 Å². The number of benzene rings is 2. The van der Waals surface area contributed by atoms with Crippen LogP contribution >= 0.6 is 44.1 Å². The van der Waals surface area contributed by atoms with Crippen LogP contribution in [0.4, 0.5) is 5.69 Å². The summed E-state index contributed by atoms with van der Waals surface area (Å²) in [7, 11) is 1.51. The van der Waals surface area contributed by atoms with Crippen molar-refractivity contribution in [2.75, 3.05) is 25.5 Å². The van der Waals surface area contributed by atoms with Crippen molar-refractivity contribution in [2.24, 2.45) is 0 Å². The second-order valence-corrected chi connectivity index (χ2v) is 8.21. The molecule has 0 radical (unpaired) electrons. The van der Waals surface area contributed by atoms with E-state index in [1.165, 1.54) is 12.7 Å². The van der Waals surface area contributed by atoms with Crippen LogP contribution in [0, 0.1) is 0 Å². The van der Waals surface area contributed by atoms with Crippen LogP contribution in [0.2, 0.25) is 0 Å². The Bertz CT molecular complexity index is 840. The predicted octanol–water partition coefficient (Wildman–Crippen LogP) is 5.19. The zero-order chi connectivity index (χ0) is 20.7. The second kappa shape index (κ2) is 10.9. The Kier molecular flexibility index (Phi) is 8.88. The SMILES string of the molecule is CCN(CC)Cc1ccc(NC(=S)NC(=O)c2cc(Br)cc(Br)c2OC)cc1. The topological polar surface area (TPSA) is 53.6 Å². The van der Waals surface area contributed by atoms with Gasteiger partial charge in [0.2, 0.25) is 0 Å². The number of hydrogen-bond donors (Lipinski definition) is 2. The molecule has 0 aliphatic heterocycles. The molecular weight excluding hydrogens is 506 g/mol. The van der Waals surface area contributed by atoms with Gasteiger partial charge in [-0.1, -0.05) is 41.9 Å². The first-order chi connectivity index (χ1) is 13.4. The molecular formula is C20H23Br2N3O2S. The Morgan fingerprint density at radius 3 is 2.36 bits per heavy atom. The van der Waals surface area contributed by atoms with Gasteiger partial charge in [-0.2, -0.15) is 0 Å². The van der Waals surface area contributed by atoms with E-state index >= 15 is 0 Å². The highest BCUT2D eigenvalue weighted by atomic mass is 79.9. The molecule has 0 bridgehead atoms. The van der Waals surface area contributed by atoms with Gasteiger partial charge < -0.3 is 10.1 Å². The summed E-state index contributed by atoms with van der Waals surface area (Å²) in [6, 6.07) is 11.5. The van der Waals surface area contributed by atoms with Gasteiger partial charge in [-0.05, 0) is 71.1 Å². The average Bonchev–Trinajstić information content (AvgIpc) is 2.66. The van der Waals surface area contributed by atoms with Gasteiger partial charge in [0.25, 0.3) is 5.91 Å². The molecule has 0 heterocycles. The fourth-order valence-corrected chi connectivity index (χ4v) is 4.27. The van der Waals surface area contributed by atoms with E-state index in [0.29, 0.717) is 15.8 Å². The van der Waals surface area contributed by atoms with Gasteiger partial charge in [-0.3, -0.25) is 15.0 Å². The first-order valence-corrected chi connectivity index (χ1v) is 10.8. The number of halogens is 2. The van der Waals surface area contributed by atoms with Crippen LogP contribution in [0.5, 0.6) is 5.75 Å². The lowest BCUT2D eigenvalue weighted by molar-refractivity contribution is 0.0974. The van der Waals surface area contributed by atoms with Crippen LogP contribution in [0.25, 0.3) is 0 Å². The Labute approximate surface area is 188 Å². The van der Waals surface area contributed by atoms with Crippen molar-refractivity contribution < 1.29 is 9.53 Å². The largest absolute Gasteiger partial charge is 0.495 e. The van der Waals surface area contributed by atoms with Gasteiger partial charge in [-0.15, -0.1) is 0 Å². The zero-order valence-corrected chi connectivity index (χ0v) is 20.0. The first kappa shape index (κ1) is 22.8. The summed E-state index contributed by atoms with van der Waals surface area (Å²) in [6.07, 6.45) is 0. The molecule has 0 aromatic heterocycles. The third-order valence-corrected chi connectivity index (χ3v) is 5.45. The van der Waals surface area contributed by atoms with E-state index in [0.717, 1.165) is 29.8 Å². The van der Waals surface area contributed by atoms with Gasteiger partial charge in [0, 0.05) is 16.7 Å². The maximum absolute atomic E-state index is 12.6. The van der Waals surface area contributed by atoms with Crippen molar-refractivity contribution >= 4 is 60.8 Å². The maximum atomic E-state index is 12.6. The highest BCUT2D eigenvalue weighted by Gasteiger charge is 2.17. The lowest BCUT2D eigenvalue weighted by atomic mass is 10.2. The smallest absolute Gasteiger partial charge is 0.261 e. The van der Waals surface area contributed by atoms with Gasteiger partial charge in [0.05, 0.1) is 17.1 Å². The summed E-state index contributed by atoms with van der Waals surface area (Å²) < 4.78 is 6.75. The molecule has 150 valence electrons. The molecule has 0 atom stereocenters. The van der Waals surface area contributed by atoms with Crippen molar-refractivity contribution in [1.82, 2.24) is 10.2 Å². The minimum Gasteiger partial charge on any atom is -0.495 e. The fourth-order valence-electron chi connectivity index (χ4n) is 2.67. The van der Waals surface area contributed by atoms with E-state index in [9.17, 15) is 4.79 Å². The standard InChI is InChI=1S/C20H23Br2N3O2S/c1-4-25(5-2)12-13-6-8-15(9-7-13)23-20(28)24-19(26)16-10-14(21)11-17(22)18(16)27-3/h6-11H,4-5,12H2,1-3H3,(H2,23,24,26,28). The summed E-state index contributed by atoms with van der Waals surface area (Å²) in [5, 5.41) is 5.95. The summed E-state index contributed by atoms with van der Waals surface area (Å²) in [4.78, 5) is 14.9. The van der Waals surface area contributed by atoms with E-state index < -0.39 is 0 Å². The Hall–Kier alpha value is -1.48. The second-order valence-electron chi connectivity index (χ2n) is 6.03. The Morgan fingerprint density at radius 1 is 1.14 bits per heavy atom. The van der Waals surface area contributed by atoms with Crippen LogP contribution < -0.4 is 15.4 Å². The number of rotatable bonds is 7. The molecule has 1 amide bonds. The van der Waals surface area contributed by atoms with Gasteiger partial charge in [0.15, 0.2) is 5.11 Å². The number of amides is 1. The molecule has 0 spiro atoms. The van der Waals surface area contributed by atoms with Crippen molar-refractivity contribution in [1.29, 1.82) is 0 Å². The maximum Gasteiger partial charge on any atom is 0.261 e. The number of ether oxygens (including phenoxy) is 1. The summed E-state index contributed by atoms with van der Waals surface area (Å²) in [5.41, 5.74) is 2.42. The van der Waals surface area contributed by atoms with Crippen LogP contribution in [0.15, 0.2) is 45.3 Å². The quantitative estimate of drug-likeness (QED) is 0.484. The van der Waals surface area contributed by atoms with Gasteiger partial charge in [-0.25, -0.2) is 0 Å². The summed E-state index contributed by atoms with van der Waals surface area (Å²) in [5.74, 6) is 0.0961. The molecule has 28 heavy (non-hydrogen) atoms. The van der Waals surface area contributed by atoms with Crippen molar-refractivity contribution in [3.8, 4) is 5.75 Å². The van der Waals surface area contributed by atoms with Crippen LogP contribution in [0.1, 0.15) is 29.8 Å². The molecule has 0 aliphatic carbocycles. The lowest BCUT2D eigenvalue weighted by Crippen LogP contribution is -2.34. The molecule has 0 unspecified atom stereocenters. The zero-order valence-electron chi connectivity index (χ0n) is 16.0.